The minimum Gasteiger partial charge on any atom is -0.406 e. The van der Waals surface area contributed by atoms with Crippen LogP contribution in [-0.2, 0) is 16.6 Å². The zero-order valence-electron chi connectivity index (χ0n) is 15.7. The van der Waals surface area contributed by atoms with Crippen molar-refractivity contribution in [3.05, 3.63) is 78.6 Å². The molecule has 11 heteroatoms. The van der Waals surface area contributed by atoms with E-state index < -0.39 is 28.2 Å². The molecule has 31 heavy (non-hydrogen) atoms. The van der Waals surface area contributed by atoms with E-state index in [4.69, 9.17) is 0 Å². The summed E-state index contributed by atoms with van der Waals surface area (Å²) in [5.41, 5.74) is 0.715. The molecule has 0 N–H and O–H groups in total. The summed E-state index contributed by atoms with van der Waals surface area (Å²) >= 11 is 0. The van der Waals surface area contributed by atoms with Crippen LogP contribution in [0.4, 0.5) is 29.3 Å². The number of sulfonamides is 1. The molecule has 1 aliphatic rings. The fourth-order valence-corrected chi connectivity index (χ4v) is 4.75. The van der Waals surface area contributed by atoms with E-state index in [1.165, 1.54) is 59.8 Å². The molecule has 2 heterocycles. The predicted octanol–water partition coefficient (Wildman–Crippen LogP) is 4.32. The van der Waals surface area contributed by atoms with Crippen LogP contribution in [0.5, 0.6) is 5.75 Å². The Balaban J connectivity index is 1.72. The number of pyridine rings is 1. The van der Waals surface area contributed by atoms with E-state index in [1.807, 2.05) is 0 Å². The Morgan fingerprint density at radius 2 is 1.68 bits per heavy atom. The van der Waals surface area contributed by atoms with Crippen molar-refractivity contribution in [2.75, 3.05) is 9.21 Å². The Kier molecular flexibility index (Phi) is 5.05. The summed E-state index contributed by atoms with van der Waals surface area (Å²) in [6.45, 7) is -0.0750. The van der Waals surface area contributed by atoms with Crippen LogP contribution < -0.4 is 13.9 Å². The maximum Gasteiger partial charge on any atom is 0.573 e. The second-order valence-corrected chi connectivity index (χ2v) is 8.26. The maximum atomic E-state index is 13.2. The number of para-hydroxylation sites is 1. The number of alkyl halides is 3. The molecule has 0 unspecified atom stereocenters. The number of nitrogens with zero attached hydrogens (tertiary/aromatic N) is 3. The van der Waals surface area contributed by atoms with Crippen molar-refractivity contribution >= 4 is 27.4 Å². The van der Waals surface area contributed by atoms with Crippen LogP contribution >= 0.6 is 0 Å². The van der Waals surface area contributed by atoms with Crippen molar-refractivity contribution in [2.45, 2.75) is 17.8 Å². The van der Waals surface area contributed by atoms with Crippen molar-refractivity contribution in [3.63, 3.8) is 0 Å². The Morgan fingerprint density at radius 3 is 2.32 bits per heavy atom. The van der Waals surface area contributed by atoms with E-state index in [9.17, 15) is 26.4 Å². The summed E-state index contributed by atoms with van der Waals surface area (Å²) in [7, 11) is -4.18. The topological polar surface area (TPSA) is 79.8 Å². The van der Waals surface area contributed by atoms with Crippen molar-refractivity contribution in [3.8, 4) is 5.75 Å². The Morgan fingerprint density at radius 1 is 0.968 bits per heavy atom. The molecule has 0 aliphatic carbocycles. The van der Waals surface area contributed by atoms with Crippen LogP contribution in [-0.4, -0.2) is 25.8 Å². The van der Waals surface area contributed by atoms with Gasteiger partial charge in [0.15, 0.2) is 0 Å². The van der Waals surface area contributed by atoms with Crippen LogP contribution in [0.15, 0.2) is 78.0 Å². The number of amides is 2. The second kappa shape index (κ2) is 7.58. The number of halogens is 3. The van der Waals surface area contributed by atoms with Gasteiger partial charge in [-0.15, -0.1) is 13.2 Å². The lowest BCUT2D eigenvalue weighted by molar-refractivity contribution is -0.274. The zero-order chi connectivity index (χ0) is 22.2. The van der Waals surface area contributed by atoms with Crippen LogP contribution in [0.25, 0.3) is 0 Å². The van der Waals surface area contributed by atoms with Crippen molar-refractivity contribution in [1.82, 2.24) is 4.98 Å². The minimum atomic E-state index is -4.82. The molecule has 0 fully saturated rings. The average molecular weight is 449 g/mol. The lowest BCUT2D eigenvalue weighted by Gasteiger charge is -2.36. The molecule has 0 spiro atoms. The second-order valence-electron chi connectivity index (χ2n) is 6.51. The smallest absolute Gasteiger partial charge is 0.406 e. The Hall–Kier alpha value is -3.60. The van der Waals surface area contributed by atoms with Crippen molar-refractivity contribution in [1.29, 1.82) is 0 Å². The summed E-state index contributed by atoms with van der Waals surface area (Å²) in [6.07, 6.45) is -2.12. The highest BCUT2D eigenvalue weighted by molar-refractivity contribution is 7.94. The summed E-state index contributed by atoms with van der Waals surface area (Å²) in [6, 6.07) is 13.1. The van der Waals surface area contributed by atoms with Gasteiger partial charge in [-0.3, -0.25) is 9.88 Å². The fraction of sp³-hybridized carbons (Fsp3) is 0.100. The molecule has 0 saturated carbocycles. The molecule has 1 aliphatic heterocycles. The standard InChI is InChI=1S/C20H14F3N3O4S/c21-20(22,23)30-16-9-7-14(8-10-16)13-25-17-5-1-2-6-18(17)31(28,29)26(19(25)27)15-4-3-11-24-12-15/h1-12H,13H2. The first-order chi connectivity index (χ1) is 14.7. The van der Waals surface area contributed by atoms with Gasteiger partial charge < -0.3 is 4.74 Å². The highest BCUT2D eigenvalue weighted by Crippen LogP contribution is 2.37. The molecular weight excluding hydrogens is 435 g/mol. The first-order valence-electron chi connectivity index (χ1n) is 8.87. The Bertz CT molecular complexity index is 1220. The van der Waals surface area contributed by atoms with Gasteiger partial charge in [0.25, 0.3) is 10.0 Å². The fourth-order valence-electron chi connectivity index (χ4n) is 3.17. The van der Waals surface area contributed by atoms with Gasteiger partial charge in [-0.2, -0.15) is 4.31 Å². The van der Waals surface area contributed by atoms with E-state index in [0.717, 1.165) is 12.1 Å². The molecule has 0 saturated heterocycles. The average Bonchev–Trinajstić information content (AvgIpc) is 2.72. The predicted molar refractivity (Wildman–Crippen MR) is 105 cm³/mol. The number of hydrogen-bond acceptors (Lipinski definition) is 5. The van der Waals surface area contributed by atoms with Crippen LogP contribution in [0, 0.1) is 0 Å². The molecule has 2 aromatic carbocycles. The first kappa shape index (κ1) is 20.7. The molecule has 160 valence electrons. The third kappa shape index (κ3) is 4.04. The van der Waals surface area contributed by atoms with Gasteiger partial charge in [-0.25, -0.2) is 13.2 Å². The number of carbonyl (C=O) groups is 1. The Labute approximate surface area is 175 Å². The summed E-state index contributed by atoms with van der Waals surface area (Å²) in [4.78, 5) is 18.3. The van der Waals surface area contributed by atoms with Gasteiger partial charge in [0, 0.05) is 6.20 Å². The van der Waals surface area contributed by atoms with E-state index >= 15 is 0 Å². The summed E-state index contributed by atoms with van der Waals surface area (Å²) in [5.74, 6) is -0.402. The molecule has 7 nitrogen and oxygen atoms in total. The van der Waals surface area contributed by atoms with Gasteiger partial charge in [0.05, 0.1) is 24.1 Å². The quantitative estimate of drug-likeness (QED) is 0.593. The molecule has 2 amide bonds. The monoisotopic (exact) mass is 449 g/mol. The van der Waals surface area contributed by atoms with Crippen LogP contribution in [0.1, 0.15) is 5.56 Å². The molecular formula is C20H14F3N3O4S. The molecule has 0 radical (unpaired) electrons. The van der Waals surface area contributed by atoms with Gasteiger partial charge >= 0.3 is 12.4 Å². The minimum absolute atomic E-state index is 0.0703. The number of urea groups is 1. The number of anilines is 2. The molecule has 0 atom stereocenters. The lowest BCUT2D eigenvalue weighted by atomic mass is 10.2. The number of carbonyl (C=O) groups excluding carboxylic acids is 1. The number of rotatable bonds is 4. The van der Waals surface area contributed by atoms with Gasteiger partial charge in [-0.05, 0) is 42.0 Å². The largest absolute Gasteiger partial charge is 0.573 e. The summed E-state index contributed by atoms with van der Waals surface area (Å²) in [5, 5.41) is 0. The molecule has 3 aromatic rings. The van der Waals surface area contributed by atoms with Crippen LogP contribution in [0.2, 0.25) is 0 Å². The lowest BCUT2D eigenvalue weighted by Crippen LogP contribution is -2.50. The van der Waals surface area contributed by atoms with E-state index in [2.05, 4.69) is 9.72 Å². The SMILES string of the molecule is O=C1N(Cc2ccc(OC(F)(F)F)cc2)c2ccccc2S(=O)(=O)N1c1cccnc1. The van der Waals surface area contributed by atoms with Gasteiger partial charge in [-0.1, -0.05) is 24.3 Å². The van der Waals surface area contributed by atoms with Crippen molar-refractivity contribution in [2.24, 2.45) is 0 Å². The highest BCUT2D eigenvalue weighted by atomic mass is 32.2. The molecule has 1 aromatic heterocycles. The number of fused-ring (bicyclic) bond motifs is 1. The van der Waals surface area contributed by atoms with E-state index in [0.29, 0.717) is 9.87 Å². The van der Waals surface area contributed by atoms with Gasteiger partial charge in [0.2, 0.25) is 0 Å². The molecule has 0 bridgehead atoms. The number of ether oxygens (including phenoxy) is 1. The zero-order valence-corrected chi connectivity index (χ0v) is 16.5. The van der Waals surface area contributed by atoms with E-state index in [1.54, 1.807) is 6.07 Å². The van der Waals surface area contributed by atoms with E-state index in [-0.39, 0.29) is 22.8 Å². The first-order valence-corrected chi connectivity index (χ1v) is 10.3. The highest BCUT2D eigenvalue weighted by Gasteiger charge is 2.42. The normalized spacial score (nSPS) is 15.5. The number of benzene rings is 2. The number of aromatic nitrogens is 1. The van der Waals surface area contributed by atoms with Gasteiger partial charge in [0.1, 0.15) is 10.6 Å². The van der Waals surface area contributed by atoms with Crippen LogP contribution in [0.3, 0.4) is 0 Å². The summed E-state index contributed by atoms with van der Waals surface area (Å²) < 4.78 is 67.8. The number of hydrogen-bond donors (Lipinski definition) is 0. The third-order valence-electron chi connectivity index (χ3n) is 4.46. The maximum absolute atomic E-state index is 13.2. The third-order valence-corrected chi connectivity index (χ3v) is 6.21. The molecule has 4 rings (SSSR count). The van der Waals surface area contributed by atoms with Crippen molar-refractivity contribution < 1.29 is 31.1 Å².